The van der Waals surface area contributed by atoms with Gasteiger partial charge in [0.2, 0.25) is 0 Å². The number of benzene rings is 1. The van der Waals surface area contributed by atoms with E-state index in [1.807, 2.05) is 24.9 Å². The number of nitrogens with two attached hydrogens (primary N) is 1. The summed E-state index contributed by atoms with van der Waals surface area (Å²) in [6.45, 7) is 4.06. The number of hydrogen-bond acceptors (Lipinski definition) is 2. The number of rotatable bonds is 2. The lowest BCUT2D eigenvalue weighted by Gasteiger charge is -2.09. The Labute approximate surface area is 95.9 Å². The molecule has 0 aliphatic heterocycles. The first-order chi connectivity index (χ1) is 7.59. The van der Waals surface area contributed by atoms with Gasteiger partial charge in [-0.3, -0.25) is 4.68 Å². The number of aryl methyl sites for hydroxylation is 2. The van der Waals surface area contributed by atoms with Crippen LogP contribution in [-0.2, 0) is 7.05 Å². The van der Waals surface area contributed by atoms with Crippen LogP contribution in [0.15, 0.2) is 30.5 Å². The molecule has 0 saturated heterocycles. The third kappa shape index (κ3) is 1.86. The van der Waals surface area contributed by atoms with Gasteiger partial charge in [0, 0.05) is 18.7 Å². The highest BCUT2D eigenvalue weighted by molar-refractivity contribution is 5.66. The fraction of sp³-hybridized carbons (Fsp3) is 0.308. The van der Waals surface area contributed by atoms with E-state index in [9.17, 15) is 0 Å². The Morgan fingerprint density at radius 3 is 2.44 bits per heavy atom. The summed E-state index contributed by atoms with van der Waals surface area (Å²) in [5.74, 6) is 0. The highest BCUT2D eigenvalue weighted by Gasteiger charge is 2.13. The molecular weight excluding hydrogens is 198 g/mol. The van der Waals surface area contributed by atoms with E-state index < -0.39 is 0 Å². The average molecular weight is 215 g/mol. The third-order valence-corrected chi connectivity index (χ3v) is 2.78. The Balaban J connectivity index is 2.52. The van der Waals surface area contributed by atoms with Crippen LogP contribution < -0.4 is 5.73 Å². The Morgan fingerprint density at radius 1 is 1.25 bits per heavy atom. The maximum atomic E-state index is 5.97. The van der Waals surface area contributed by atoms with Gasteiger partial charge >= 0.3 is 0 Å². The van der Waals surface area contributed by atoms with E-state index in [0.29, 0.717) is 0 Å². The Kier molecular flexibility index (Phi) is 2.79. The molecule has 3 heteroatoms. The molecule has 1 heterocycles. The normalized spacial score (nSPS) is 12.8. The molecule has 1 aromatic carbocycles. The molecule has 1 atom stereocenters. The van der Waals surface area contributed by atoms with E-state index in [1.165, 1.54) is 11.1 Å². The topological polar surface area (TPSA) is 43.8 Å². The minimum atomic E-state index is -0.0104. The number of nitrogens with zero attached hydrogens (tertiary/aromatic N) is 2. The zero-order valence-corrected chi connectivity index (χ0v) is 9.94. The molecule has 84 valence electrons. The molecule has 2 aromatic rings. The summed E-state index contributed by atoms with van der Waals surface area (Å²) in [5, 5.41) is 4.27. The molecular formula is C13H17N3. The van der Waals surface area contributed by atoms with Gasteiger partial charge in [-0.25, -0.2) is 0 Å². The van der Waals surface area contributed by atoms with Gasteiger partial charge in [-0.1, -0.05) is 29.8 Å². The molecule has 2 rings (SSSR count). The minimum Gasteiger partial charge on any atom is -0.323 e. The fourth-order valence-corrected chi connectivity index (χ4v) is 1.94. The van der Waals surface area contributed by atoms with Gasteiger partial charge < -0.3 is 5.73 Å². The lowest BCUT2D eigenvalue weighted by molar-refractivity contribution is 0.655. The molecule has 0 amide bonds. The van der Waals surface area contributed by atoms with E-state index in [1.54, 1.807) is 0 Å². The van der Waals surface area contributed by atoms with E-state index in [0.717, 1.165) is 11.3 Å². The van der Waals surface area contributed by atoms with Gasteiger partial charge in [0.25, 0.3) is 0 Å². The first-order valence-electron chi connectivity index (χ1n) is 5.44. The van der Waals surface area contributed by atoms with Crippen molar-refractivity contribution in [1.82, 2.24) is 9.78 Å². The van der Waals surface area contributed by atoms with E-state index in [4.69, 9.17) is 5.73 Å². The van der Waals surface area contributed by atoms with Crippen LogP contribution in [0.1, 0.15) is 24.2 Å². The van der Waals surface area contributed by atoms with E-state index >= 15 is 0 Å². The zero-order valence-electron chi connectivity index (χ0n) is 9.94. The van der Waals surface area contributed by atoms with Crippen molar-refractivity contribution in [3.8, 4) is 11.1 Å². The lowest BCUT2D eigenvalue weighted by atomic mass is 10.0. The largest absolute Gasteiger partial charge is 0.323 e. The molecule has 0 radical (unpaired) electrons. The molecule has 1 aromatic heterocycles. The molecule has 0 saturated carbocycles. The van der Waals surface area contributed by atoms with Gasteiger partial charge in [0.1, 0.15) is 0 Å². The number of hydrogen-bond donors (Lipinski definition) is 1. The molecule has 3 nitrogen and oxygen atoms in total. The SMILES string of the molecule is Cc1ccc(-c2cnn(C)c2C(C)N)cc1. The predicted octanol–water partition coefficient (Wildman–Crippen LogP) is 2.42. The molecule has 0 aliphatic rings. The van der Waals surface area contributed by atoms with Crippen molar-refractivity contribution in [2.75, 3.05) is 0 Å². The molecule has 2 N–H and O–H groups in total. The summed E-state index contributed by atoms with van der Waals surface area (Å²) >= 11 is 0. The Hall–Kier alpha value is -1.61. The zero-order chi connectivity index (χ0) is 11.7. The third-order valence-electron chi connectivity index (χ3n) is 2.78. The van der Waals surface area contributed by atoms with E-state index in [2.05, 4.69) is 36.3 Å². The van der Waals surface area contributed by atoms with Crippen molar-refractivity contribution < 1.29 is 0 Å². The van der Waals surface area contributed by atoms with Gasteiger partial charge in [-0.15, -0.1) is 0 Å². The smallest absolute Gasteiger partial charge is 0.0623 e. The van der Waals surface area contributed by atoms with Crippen LogP contribution in [0.4, 0.5) is 0 Å². The summed E-state index contributed by atoms with van der Waals surface area (Å²) in [6.07, 6.45) is 1.88. The molecule has 0 aliphatic carbocycles. The van der Waals surface area contributed by atoms with Gasteiger partial charge in [-0.2, -0.15) is 5.10 Å². The maximum absolute atomic E-state index is 5.97. The minimum absolute atomic E-state index is 0.0104. The Morgan fingerprint density at radius 2 is 1.88 bits per heavy atom. The van der Waals surface area contributed by atoms with Crippen molar-refractivity contribution >= 4 is 0 Å². The second kappa shape index (κ2) is 4.10. The van der Waals surface area contributed by atoms with Crippen molar-refractivity contribution in [3.63, 3.8) is 0 Å². The van der Waals surface area contributed by atoms with Crippen LogP contribution in [0.3, 0.4) is 0 Å². The predicted molar refractivity (Wildman–Crippen MR) is 66.0 cm³/mol. The summed E-state index contributed by atoms with van der Waals surface area (Å²) < 4.78 is 1.85. The van der Waals surface area contributed by atoms with Crippen LogP contribution in [0.2, 0.25) is 0 Å². The van der Waals surface area contributed by atoms with Crippen molar-refractivity contribution in [1.29, 1.82) is 0 Å². The van der Waals surface area contributed by atoms with Crippen LogP contribution in [0.25, 0.3) is 11.1 Å². The van der Waals surface area contributed by atoms with Crippen molar-refractivity contribution in [2.24, 2.45) is 12.8 Å². The van der Waals surface area contributed by atoms with Gasteiger partial charge in [0.15, 0.2) is 0 Å². The van der Waals surface area contributed by atoms with Crippen LogP contribution >= 0.6 is 0 Å². The first kappa shape index (κ1) is 10.9. The van der Waals surface area contributed by atoms with Crippen LogP contribution in [-0.4, -0.2) is 9.78 Å². The monoisotopic (exact) mass is 215 g/mol. The molecule has 0 fully saturated rings. The van der Waals surface area contributed by atoms with Crippen molar-refractivity contribution in [2.45, 2.75) is 19.9 Å². The summed E-state index contributed by atoms with van der Waals surface area (Å²) in [6, 6.07) is 8.42. The van der Waals surface area contributed by atoms with Gasteiger partial charge in [-0.05, 0) is 19.4 Å². The van der Waals surface area contributed by atoms with E-state index in [-0.39, 0.29) is 6.04 Å². The maximum Gasteiger partial charge on any atom is 0.0623 e. The molecule has 1 unspecified atom stereocenters. The van der Waals surface area contributed by atoms with Crippen LogP contribution in [0.5, 0.6) is 0 Å². The highest BCUT2D eigenvalue weighted by Crippen LogP contribution is 2.26. The number of aromatic nitrogens is 2. The second-order valence-electron chi connectivity index (χ2n) is 4.22. The molecule has 0 bridgehead atoms. The van der Waals surface area contributed by atoms with Crippen molar-refractivity contribution in [3.05, 3.63) is 41.7 Å². The quantitative estimate of drug-likeness (QED) is 0.836. The fourth-order valence-electron chi connectivity index (χ4n) is 1.94. The molecule has 0 spiro atoms. The average Bonchev–Trinajstić information content (AvgIpc) is 2.61. The highest BCUT2D eigenvalue weighted by atomic mass is 15.3. The Bertz CT molecular complexity index is 480. The summed E-state index contributed by atoms with van der Waals surface area (Å²) in [5.41, 5.74) is 10.6. The van der Waals surface area contributed by atoms with Crippen LogP contribution in [0, 0.1) is 6.92 Å². The first-order valence-corrected chi connectivity index (χ1v) is 5.44. The second-order valence-corrected chi connectivity index (χ2v) is 4.22. The lowest BCUT2D eigenvalue weighted by Crippen LogP contribution is -2.11. The summed E-state index contributed by atoms with van der Waals surface area (Å²) in [7, 11) is 1.93. The molecule has 16 heavy (non-hydrogen) atoms. The van der Waals surface area contributed by atoms with Gasteiger partial charge in [0.05, 0.1) is 11.9 Å². The standard InChI is InChI=1S/C13H17N3/c1-9-4-6-11(7-5-9)12-8-15-16(3)13(12)10(2)14/h4-8,10H,14H2,1-3H3. The summed E-state index contributed by atoms with van der Waals surface area (Å²) in [4.78, 5) is 0.